The van der Waals surface area contributed by atoms with Crippen LogP contribution in [-0.2, 0) is 0 Å². The Kier molecular flexibility index (Phi) is 8.36. The van der Waals surface area contributed by atoms with Gasteiger partial charge in [0.25, 0.3) is 0 Å². The van der Waals surface area contributed by atoms with E-state index < -0.39 is 0 Å². The zero-order valence-electron chi connectivity index (χ0n) is 36.3. The van der Waals surface area contributed by atoms with Crippen LogP contribution in [0.1, 0.15) is 0 Å². The molecule has 0 saturated heterocycles. The minimum absolute atomic E-state index is 0.318. The van der Waals surface area contributed by atoms with Crippen molar-refractivity contribution in [3.8, 4) is 0 Å². The molecule has 0 bridgehead atoms. The van der Waals surface area contributed by atoms with Gasteiger partial charge < -0.3 is 0 Å². The number of rotatable bonds is 6. The standard InChI is InChI=1S/C62H36N2O2Se2/c1-3-11-41(12-4-1)63(45-23-27-59-53(35-45)47-15-7-9-17-57(47)67-59)43-21-19-37-31-51-49-25-26-50-52-32-38-20-22-44(30-40(38)34-56(52)66-62(50)61(49)65-55(51)33-39(37)29-43)64(42-13-5-2-6-14-42)46-24-28-60-54(36-46)48-16-8-10-18-58(48)68-60/h1-36H. The van der Waals surface area contributed by atoms with Gasteiger partial charge in [-0.1, -0.05) is 0 Å². The summed E-state index contributed by atoms with van der Waals surface area (Å²) in [5.41, 5.74) is 9.93. The number of furan rings is 2. The molecule has 318 valence electrons. The van der Waals surface area contributed by atoms with E-state index in [0.29, 0.717) is 29.0 Å². The Hall–Kier alpha value is -7.82. The molecule has 4 nitrogen and oxygen atoms in total. The van der Waals surface area contributed by atoms with Crippen LogP contribution in [0, 0.1) is 0 Å². The van der Waals surface area contributed by atoms with Crippen molar-refractivity contribution in [3.05, 3.63) is 218 Å². The Balaban J connectivity index is 0.840. The molecule has 0 N–H and O–H groups in total. The van der Waals surface area contributed by atoms with Crippen molar-refractivity contribution in [2.75, 3.05) is 9.80 Å². The van der Waals surface area contributed by atoms with Gasteiger partial charge in [0.15, 0.2) is 0 Å². The molecule has 6 heteroatoms. The molecule has 0 unspecified atom stereocenters. The molecule has 0 amide bonds. The molecule has 11 aromatic carbocycles. The topological polar surface area (TPSA) is 32.8 Å². The van der Waals surface area contributed by atoms with Crippen LogP contribution in [0.15, 0.2) is 227 Å². The fourth-order valence-electron chi connectivity index (χ4n) is 10.6. The van der Waals surface area contributed by atoms with Crippen LogP contribution in [0.5, 0.6) is 0 Å². The Labute approximate surface area is 401 Å². The molecule has 0 fully saturated rings. The van der Waals surface area contributed by atoms with Crippen LogP contribution < -0.4 is 9.80 Å². The first-order chi connectivity index (χ1) is 33.6. The zero-order valence-corrected chi connectivity index (χ0v) is 39.7. The van der Waals surface area contributed by atoms with Crippen molar-refractivity contribution >= 4 is 167 Å². The quantitative estimate of drug-likeness (QED) is 0.155. The summed E-state index contributed by atoms with van der Waals surface area (Å²) in [6.07, 6.45) is 0. The molecule has 0 radical (unpaired) electrons. The number of anilines is 6. The van der Waals surface area contributed by atoms with E-state index in [-0.39, 0.29) is 0 Å². The SMILES string of the molecule is c1ccc(N(c2ccc3cc4c(cc3c2)oc2c4ccc3c4cc5ccc(N(c6ccccc6)c6ccc7[se]c8ccccc8c7c6)cc5cc4oc32)c2ccc3[se]c4ccccc4c3c2)cc1. The molecule has 0 saturated carbocycles. The predicted molar refractivity (Wildman–Crippen MR) is 289 cm³/mol. The predicted octanol–water partition coefficient (Wildman–Crippen LogP) is 17.5. The molecule has 0 aliphatic carbocycles. The third-order valence-corrected chi connectivity index (χ3v) is 18.6. The second-order valence-corrected chi connectivity index (χ2v) is 22.2. The fraction of sp³-hybridized carbons (Fsp3) is 0. The zero-order chi connectivity index (χ0) is 44.5. The van der Waals surface area contributed by atoms with Crippen LogP contribution in [-0.4, -0.2) is 29.0 Å². The first-order valence-corrected chi connectivity index (χ1v) is 26.3. The Morgan fingerprint density at radius 1 is 0.250 bits per heavy atom. The van der Waals surface area contributed by atoms with Gasteiger partial charge in [-0.15, -0.1) is 0 Å². The van der Waals surface area contributed by atoms with Gasteiger partial charge in [-0.25, -0.2) is 0 Å². The number of nitrogens with zero attached hydrogens (tertiary/aromatic N) is 2. The van der Waals surface area contributed by atoms with Gasteiger partial charge in [-0.3, -0.25) is 0 Å². The minimum atomic E-state index is 0.318. The van der Waals surface area contributed by atoms with E-state index in [2.05, 4.69) is 228 Å². The molecule has 0 atom stereocenters. The molecule has 68 heavy (non-hydrogen) atoms. The van der Waals surface area contributed by atoms with Gasteiger partial charge >= 0.3 is 392 Å². The van der Waals surface area contributed by atoms with Crippen molar-refractivity contribution < 1.29 is 8.83 Å². The molecular weight excluding hydrogens is 963 g/mol. The maximum atomic E-state index is 6.85. The molecule has 0 spiro atoms. The first-order valence-electron chi connectivity index (χ1n) is 22.9. The Bertz CT molecular complexity index is 4230. The van der Waals surface area contributed by atoms with Gasteiger partial charge in [0, 0.05) is 0 Å². The van der Waals surface area contributed by atoms with Crippen molar-refractivity contribution in [2.24, 2.45) is 0 Å². The molecule has 0 aliphatic heterocycles. The van der Waals surface area contributed by atoms with Crippen molar-refractivity contribution in [1.29, 1.82) is 0 Å². The van der Waals surface area contributed by atoms with E-state index in [9.17, 15) is 0 Å². The third-order valence-electron chi connectivity index (χ3n) is 13.7. The fourth-order valence-corrected chi connectivity index (χ4v) is 15.1. The second kappa shape index (κ2) is 14.8. The number of benzene rings is 11. The summed E-state index contributed by atoms with van der Waals surface area (Å²) in [5.74, 6) is 0. The van der Waals surface area contributed by atoms with Crippen LogP contribution in [0.2, 0.25) is 0 Å². The summed E-state index contributed by atoms with van der Waals surface area (Å²) in [6.45, 7) is 0. The summed E-state index contributed by atoms with van der Waals surface area (Å²) < 4.78 is 19.5. The number of hydrogen-bond donors (Lipinski definition) is 0. The molecule has 4 aromatic heterocycles. The van der Waals surface area contributed by atoms with Crippen molar-refractivity contribution in [2.45, 2.75) is 0 Å². The van der Waals surface area contributed by atoms with E-state index in [4.69, 9.17) is 8.83 Å². The molecular formula is C62H36N2O2Se2. The van der Waals surface area contributed by atoms with Crippen molar-refractivity contribution in [3.63, 3.8) is 0 Å². The number of hydrogen-bond acceptors (Lipinski definition) is 4. The average molecular weight is 999 g/mol. The molecule has 15 aromatic rings. The van der Waals surface area contributed by atoms with Gasteiger partial charge in [-0.05, 0) is 12.1 Å². The summed E-state index contributed by atoms with van der Waals surface area (Å²) in [5, 5.41) is 14.2. The Morgan fingerprint density at radius 2 is 0.647 bits per heavy atom. The number of para-hydroxylation sites is 2. The van der Waals surface area contributed by atoms with Crippen LogP contribution >= 0.6 is 0 Å². The normalized spacial score (nSPS) is 12.1. The molecule has 4 heterocycles. The van der Waals surface area contributed by atoms with E-state index in [1.165, 1.54) is 38.6 Å². The third kappa shape index (κ3) is 5.92. The number of fused-ring (bicyclic) bond motifs is 15. The van der Waals surface area contributed by atoms with Crippen molar-refractivity contribution in [1.82, 2.24) is 0 Å². The average Bonchev–Trinajstić information content (AvgIpc) is 4.15. The summed E-state index contributed by atoms with van der Waals surface area (Å²) >= 11 is 0.636. The van der Waals surface area contributed by atoms with E-state index in [1.54, 1.807) is 0 Å². The van der Waals surface area contributed by atoms with Gasteiger partial charge in [-0.2, -0.15) is 0 Å². The second-order valence-electron chi connectivity index (χ2n) is 17.7. The molecule has 0 aliphatic rings. The molecule has 15 rings (SSSR count). The summed E-state index contributed by atoms with van der Waals surface area (Å²) in [6, 6.07) is 79.9. The van der Waals surface area contributed by atoms with Crippen LogP contribution in [0.3, 0.4) is 0 Å². The van der Waals surface area contributed by atoms with E-state index in [1.807, 2.05) is 0 Å². The first kappa shape index (κ1) is 38.3. The maximum absolute atomic E-state index is 6.85. The Morgan fingerprint density at radius 3 is 1.12 bits per heavy atom. The summed E-state index contributed by atoms with van der Waals surface area (Å²) in [7, 11) is 0. The monoisotopic (exact) mass is 1000 g/mol. The van der Waals surface area contributed by atoms with Crippen LogP contribution in [0.25, 0.3) is 104 Å². The van der Waals surface area contributed by atoms with E-state index in [0.717, 1.165) is 99.5 Å². The van der Waals surface area contributed by atoms with Gasteiger partial charge in [0.2, 0.25) is 0 Å². The van der Waals surface area contributed by atoms with Crippen LogP contribution in [0.4, 0.5) is 34.1 Å². The van der Waals surface area contributed by atoms with Gasteiger partial charge in [0.05, 0.1) is 0 Å². The van der Waals surface area contributed by atoms with E-state index >= 15 is 0 Å². The van der Waals surface area contributed by atoms with Gasteiger partial charge in [0.1, 0.15) is 0 Å². The summed E-state index contributed by atoms with van der Waals surface area (Å²) in [4.78, 5) is 4.74.